The first-order valence-electron chi connectivity index (χ1n) is 12.4. The minimum atomic E-state index is -0.998. The molecule has 2 amide bonds. The predicted molar refractivity (Wildman–Crippen MR) is 133 cm³/mol. The van der Waals surface area contributed by atoms with Crippen molar-refractivity contribution in [3.63, 3.8) is 0 Å². The average molecular weight is 479 g/mol. The van der Waals surface area contributed by atoms with Crippen molar-refractivity contribution in [2.75, 3.05) is 6.61 Å². The second-order valence-electron chi connectivity index (χ2n) is 10.3. The Morgan fingerprint density at radius 1 is 1.06 bits per heavy atom. The Labute approximate surface area is 206 Å². The van der Waals surface area contributed by atoms with Crippen LogP contribution in [0, 0.1) is 11.3 Å². The molecule has 4 rings (SSSR count). The number of amides is 2. The number of benzene rings is 2. The summed E-state index contributed by atoms with van der Waals surface area (Å²) in [6.07, 6.45) is 1.63. The fourth-order valence-corrected chi connectivity index (χ4v) is 5.41. The largest absolute Gasteiger partial charge is 0.481 e. The lowest BCUT2D eigenvalue weighted by atomic mass is 9.84. The van der Waals surface area contributed by atoms with E-state index in [4.69, 9.17) is 4.74 Å². The molecule has 0 aliphatic heterocycles. The van der Waals surface area contributed by atoms with Gasteiger partial charge in [-0.3, -0.25) is 9.59 Å². The smallest absolute Gasteiger partial charge is 0.407 e. The number of hydrogen-bond donors (Lipinski definition) is 3. The number of rotatable bonds is 8. The first-order valence-corrected chi connectivity index (χ1v) is 12.4. The van der Waals surface area contributed by atoms with Crippen LogP contribution < -0.4 is 10.6 Å². The van der Waals surface area contributed by atoms with Gasteiger partial charge in [-0.25, -0.2) is 4.79 Å². The molecular weight excluding hydrogens is 444 g/mol. The number of carbonyl (C=O) groups excluding carboxylic acids is 2. The number of fused-ring (bicyclic) bond motifs is 3. The molecule has 0 saturated heterocycles. The minimum absolute atomic E-state index is 0.0692. The Morgan fingerprint density at radius 3 is 2.23 bits per heavy atom. The van der Waals surface area contributed by atoms with Gasteiger partial charge >= 0.3 is 12.1 Å². The van der Waals surface area contributed by atoms with Crippen molar-refractivity contribution in [2.24, 2.45) is 11.3 Å². The van der Waals surface area contributed by atoms with E-state index in [-0.39, 0.29) is 24.3 Å². The second kappa shape index (κ2) is 10.1. The summed E-state index contributed by atoms with van der Waals surface area (Å²) in [4.78, 5) is 37.7. The van der Waals surface area contributed by atoms with Crippen molar-refractivity contribution >= 4 is 18.0 Å². The van der Waals surface area contributed by atoms with Crippen LogP contribution in [0.1, 0.15) is 63.5 Å². The van der Waals surface area contributed by atoms with Crippen LogP contribution >= 0.6 is 0 Å². The molecule has 3 N–H and O–H groups in total. The van der Waals surface area contributed by atoms with Crippen molar-refractivity contribution in [3.8, 4) is 11.1 Å². The zero-order valence-corrected chi connectivity index (χ0v) is 20.5. The van der Waals surface area contributed by atoms with Crippen molar-refractivity contribution < 1.29 is 24.2 Å². The van der Waals surface area contributed by atoms with Gasteiger partial charge in [0.2, 0.25) is 5.91 Å². The first-order chi connectivity index (χ1) is 16.7. The van der Waals surface area contributed by atoms with Crippen LogP contribution in [0.15, 0.2) is 48.5 Å². The van der Waals surface area contributed by atoms with Crippen molar-refractivity contribution in [3.05, 3.63) is 59.7 Å². The highest BCUT2D eigenvalue weighted by Gasteiger charge is 2.46. The van der Waals surface area contributed by atoms with Gasteiger partial charge in [0.05, 0.1) is 5.41 Å². The molecule has 2 aromatic carbocycles. The van der Waals surface area contributed by atoms with Crippen molar-refractivity contribution in [1.82, 2.24) is 10.6 Å². The Kier molecular flexibility index (Phi) is 7.15. The normalized spacial score (nSPS) is 21.8. The maximum Gasteiger partial charge on any atom is 0.407 e. The molecule has 2 aromatic rings. The summed E-state index contributed by atoms with van der Waals surface area (Å²) in [6, 6.07) is 14.9. The van der Waals surface area contributed by atoms with E-state index >= 15 is 0 Å². The van der Waals surface area contributed by atoms with Crippen LogP contribution in [-0.2, 0) is 14.3 Å². The third kappa shape index (κ3) is 5.04. The summed E-state index contributed by atoms with van der Waals surface area (Å²) in [5, 5.41) is 15.3. The van der Waals surface area contributed by atoms with E-state index in [9.17, 15) is 19.5 Å². The lowest BCUT2D eigenvalue weighted by Crippen LogP contribution is -2.54. The maximum absolute atomic E-state index is 13.1. The van der Waals surface area contributed by atoms with Gasteiger partial charge in [0, 0.05) is 12.0 Å². The molecule has 2 aliphatic carbocycles. The van der Waals surface area contributed by atoms with E-state index in [1.807, 2.05) is 38.1 Å². The molecule has 186 valence electrons. The number of carbonyl (C=O) groups is 3. The summed E-state index contributed by atoms with van der Waals surface area (Å²) in [5.41, 5.74) is 3.53. The zero-order valence-electron chi connectivity index (χ0n) is 20.5. The van der Waals surface area contributed by atoms with Gasteiger partial charge in [0.15, 0.2) is 0 Å². The van der Waals surface area contributed by atoms with E-state index in [0.717, 1.165) is 28.7 Å². The van der Waals surface area contributed by atoms with E-state index in [2.05, 4.69) is 34.9 Å². The van der Waals surface area contributed by atoms with Crippen LogP contribution in [0.25, 0.3) is 11.1 Å². The third-order valence-corrected chi connectivity index (χ3v) is 7.42. The Bertz CT molecular complexity index is 1070. The SMILES string of the molecule is CC(C)C[C@H](NC(=O)OCC1c2ccccc2-c2ccccc21)C(=O)NC1CCCC1(C)C(=O)O. The zero-order chi connectivity index (χ0) is 25.2. The van der Waals surface area contributed by atoms with E-state index in [0.29, 0.717) is 19.3 Å². The molecular formula is C28H34N2O5. The van der Waals surface area contributed by atoms with Crippen LogP contribution in [0.4, 0.5) is 4.79 Å². The van der Waals surface area contributed by atoms with E-state index in [1.54, 1.807) is 6.92 Å². The molecule has 7 nitrogen and oxygen atoms in total. The van der Waals surface area contributed by atoms with Gasteiger partial charge < -0.3 is 20.5 Å². The number of aliphatic carboxylic acids is 1. The van der Waals surface area contributed by atoms with Gasteiger partial charge in [-0.15, -0.1) is 0 Å². The number of alkyl carbamates (subject to hydrolysis) is 1. The highest BCUT2D eigenvalue weighted by Crippen LogP contribution is 2.44. The molecule has 2 aliphatic rings. The molecule has 0 bridgehead atoms. The molecule has 0 radical (unpaired) electrons. The van der Waals surface area contributed by atoms with Gasteiger partial charge in [0.25, 0.3) is 0 Å². The molecule has 0 aromatic heterocycles. The molecule has 3 atom stereocenters. The maximum atomic E-state index is 13.1. The number of nitrogens with one attached hydrogen (secondary N) is 2. The quantitative estimate of drug-likeness (QED) is 0.510. The van der Waals surface area contributed by atoms with Gasteiger partial charge in [-0.05, 0) is 54.4 Å². The molecule has 1 saturated carbocycles. The standard InChI is InChI=1S/C28H34N2O5/c1-17(2)15-23(25(31)30-24-13-8-14-28(24,3)26(32)33)29-27(34)35-16-22-20-11-6-4-9-18(20)19-10-5-7-12-21(19)22/h4-7,9-12,17,22-24H,8,13-16H2,1-3H3,(H,29,34)(H,30,31)(H,32,33)/t23-,24?,28?/m0/s1. The van der Waals surface area contributed by atoms with E-state index in [1.165, 1.54) is 0 Å². The summed E-state index contributed by atoms with van der Waals surface area (Å²) in [6.45, 7) is 5.77. The summed E-state index contributed by atoms with van der Waals surface area (Å²) < 4.78 is 5.63. The minimum Gasteiger partial charge on any atom is -0.481 e. The highest BCUT2D eigenvalue weighted by molar-refractivity contribution is 5.87. The highest BCUT2D eigenvalue weighted by atomic mass is 16.5. The van der Waals surface area contributed by atoms with Crippen LogP contribution in [0.5, 0.6) is 0 Å². The summed E-state index contributed by atoms with van der Waals surface area (Å²) in [7, 11) is 0. The Hall–Kier alpha value is -3.35. The van der Waals surface area contributed by atoms with Crippen molar-refractivity contribution in [2.45, 2.75) is 64.5 Å². The topological polar surface area (TPSA) is 105 Å². The molecule has 35 heavy (non-hydrogen) atoms. The fraction of sp³-hybridized carbons (Fsp3) is 0.464. The fourth-order valence-electron chi connectivity index (χ4n) is 5.41. The molecule has 1 fully saturated rings. The summed E-state index contributed by atoms with van der Waals surface area (Å²) >= 11 is 0. The number of carboxylic acid groups (broad SMARTS) is 1. The lowest BCUT2D eigenvalue weighted by Gasteiger charge is -2.30. The van der Waals surface area contributed by atoms with E-state index < -0.39 is 29.6 Å². The molecule has 7 heteroatoms. The van der Waals surface area contributed by atoms with Crippen molar-refractivity contribution in [1.29, 1.82) is 0 Å². The predicted octanol–water partition coefficient (Wildman–Crippen LogP) is 4.70. The number of hydrogen-bond acceptors (Lipinski definition) is 4. The monoisotopic (exact) mass is 478 g/mol. The number of carboxylic acids is 1. The van der Waals surface area contributed by atoms with Crippen LogP contribution in [-0.4, -0.2) is 41.8 Å². The third-order valence-electron chi connectivity index (χ3n) is 7.42. The molecule has 0 heterocycles. The van der Waals surface area contributed by atoms with Crippen LogP contribution in [0.2, 0.25) is 0 Å². The van der Waals surface area contributed by atoms with Gasteiger partial charge in [-0.2, -0.15) is 0 Å². The van der Waals surface area contributed by atoms with Gasteiger partial charge in [0.1, 0.15) is 12.6 Å². The average Bonchev–Trinajstić information content (AvgIpc) is 3.35. The second-order valence-corrected chi connectivity index (χ2v) is 10.3. The lowest BCUT2D eigenvalue weighted by molar-refractivity contribution is -0.149. The first kappa shape index (κ1) is 24.8. The summed E-state index contributed by atoms with van der Waals surface area (Å²) in [5.74, 6) is -1.20. The molecule has 2 unspecified atom stereocenters. The van der Waals surface area contributed by atoms with Gasteiger partial charge in [-0.1, -0.05) is 68.8 Å². The van der Waals surface area contributed by atoms with Crippen LogP contribution in [0.3, 0.4) is 0 Å². The Balaban J connectivity index is 1.41. The number of ether oxygens (including phenoxy) is 1. The molecule has 0 spiro atoms. The Morgan fingerprint density at radius 2 is 1.66 bits per heavy atom.